The van der Waals surface area contributed by atoms with Gasteiger partial charge in [0.15, 0.2) is 11.7 Å². The minimum absolute atomic E-state index is 0. The van der Waals surface area contributed by atoms with E-state index in [2.05, 4.69) is 42.5 Å². The number of rotatable bonds is 10. The molecule has 0 atom stereocenters. The number of aliphatic hydroxyl groups excluding tert-OH is 2. The van der Waals surface area contributed by atoms with E-state index in [1.807, 2.05) is 12.1 Å². The predicted octanol–water partition coefficient (Wildman–Crippen LogP) is -1.47. The van der Waals surface area contributed by atoms with Gasteiger partial charge in [0.1, 0.15) is 9.79 Å². The van der Waals surface area contributed by atoms with E-state index in [-0.39, 0.29) is 108 Å². The van der Waals surface area contributed by atoms with E-state index in [1.165, 1.54) is 48.6 Å². The van der Waals surface area contributed by atoms with Gasteiger partial charge in [-0.25, -0.2) is 10.9 Å². The van der Waals surface area contributed by atoms with Crippen molar-refractivity contribution in [2.24, 2.45) is 10.2 Å². The summed E-state index contributed by atoms with van der Waals surface area (Å²) >= 11 is 0. The van der Waals surface area contributed by atoms with Crippen LogP contribution in [0, 0.1) is 0 Å². The zero-order valence-electron chi connectivity index (χ0n) is 30.6. The molecule has 0 amide bonds. The molecular weight excluding hydrogens is 763 g/mol. The molecule has 0 saturated heterocycles. The van der Waals surface area contributed by atoms with Crippen molar-refractivity contribution in [1.29, 1.82) is 0 Å². The summed E-state index contributed by atoms with van der Waals surface area (Å²) in [6.45, 7) is 0. The Kier molecular flexibility index (Phi) is 14.0. The average molecular weight is 795 g/mol. The van der Waals surface area contributed by atoms with Gasteiger partial charge in [-0.2, -0.15) is 16.8 Å². The molecule has 2 aliphatic rings. The fourth-order valence-corrected chi connectivity index (χ4v) is 6.20. The Morgan fingerprint density at radius 3 is 1.30 bits per heavy atom. The Hall–Kier alpha value is -4.74. The van der Waals surface area contributed by atoms with E-state index >= 15 is 0 Å². The quantitative estimate of drug-likeness (QED) is 0.0500. The zero-order chi connectivity index (χ0) is 36.9. The van der Waals surface area contributed by atoms with Gasteiger partial charge in [-0.15, -0.1) is 20.7 Å². The molecule has 22 heteroatoms. The Labute approximate surface area is 357 Å². The maximum atomic E-state index is 12.4. The van der Waals surface area contributed by atoms with Crippen LogP contribution >= 0.6 is 0 Å². The molecule has 4 aromatic rings. The SMILES string of the molecule is O=S(=O)(O)c1cc(NN2N=C(Nc3ccccc3)C=C(O)N2)ccc1/C=C/c1ccc(NN2N=C(Nc3ccccc3)C=C(O)N2)cc1S(=O)(=O)O.[H-].[H-].[Na+].[Na+]. The van der Waals surface area contributed by atoms with Gasteiger partial charge in [0.2, 0.25) is 11.8 Å². The standard InChI is InChI=1S/C32H30N10O8S2.2Na.2H/c43-31-19-29(33-23-7-3-1-4-8-23)37-41(39-31)35-25-15-13-21(27(17-25)51(45,46)47)11-12-22-14-16-26(18-28(22)52(48,49)50)36-42-38-30(20-32(44)40-42)34-24-9-5-2-6-10-24;;;;/h1-20,35-36,39-40,43-44H,(H,33,37)(H,34,38)(H,45,46,47)(H,48,49,50);;;;/q;2*+1;2*-1/b12-11+;;;;. The number of nitrogens with one attached hydrogen (secondary N) is 6. The van der Waals surface area contributed by atoms with Crippen LogP contribution in [0.5, 0.6) is 0 Å². The van der Waals surface area contributed by atoms with Gasteiger partial charge >= 0.3 is 59.1 Å². The number of anilines is 4. The minimum Gasteiger partial charge on any atom is -1.00 e. The number of hydrazone groups is 2. The van der Waals surface area contributed by atoms with Gasteiger partial charge < -0.3 is 23.7 Å². The van der Waals surface area contributed by atoms with Crippen molar-refractivity contribution in [1.82, 2.24) is 21.3 Å². The first-order valence-corrected chi connectivity index (χ1v) is 17.9. The second kappa shape index (κ2) is 18.1. The molecule has 54 heavy (non-hydrogen) atoms. The molecule has 2 aliphatic heterocycles. The van der Waals surface area contributed by atoms with Crippen molar-refractivity contribution in [2.45, 2.75) is 9.79 Å². The van der Waals surface area contributed by atoms with Gasteiger partial charge in [0.05, 0.1) is 11.4 Å². The molecule has 0 unspecified atom stereocenters. The Morgan fingerprint density at radius 1 is 0.574 bits per heavy atom. The topological polar surface area (TPSA) is 253 Å². The molecule has 4 aromatic carbocycles. The van der Waals surface area contributed by atoms with Gasteiger partial charge in [-0.1, -0.05) is 60.7 Å². The third-order valence-electron chi connectivity index (χ3n) is 6.99. The zero-order valence-corrected chi connectivity index (χ0v) is 34.2. The van der Waals surface area contributed by atoms with Crippen molar-refractivity contribution < 1.29 is 98.1 Å². The molecule has 0 radical (unpaired) electrons. The number of hydrogen-bond donors (Lipinski definition) is 10. The number of hydrazine groups is 4. The minimum atomic E-state index is -4.83. The molecular formula is C32H32N10Na2O8S2. The van der Waals surface area contributed by atoms with Crippen LogP contribution in [0.2, 0.25) is 0 Å². The summed E-state index contributed by atoms with van der Waals surface area (Å²) in [5.74, 6) is -0.0997. The van der Waals surface area contributed by atoms with E-state index in [4.69, 9.17) is 0 Å². The third kappa shape index (κ3) is 11.4. The second-order valence-electron chi connectivity index (χ2n) is 10.9. The van der Waals surface area contributed by atoms with Crippen molar-refractivity contribution >= 4 is 66.8 Å². The first-order chi connectivity index (χ1) is 24.8. The summed E-state index contributed by atoms with van der Waals surface area (Å²) < 4.78 is 69.7. The number of para-hydroxylation sites is 2. The summed E-state index contributed by atoms with van der Waals surface area (Å²) in [6, 6.07) is 25.8. The van der Waals surface area contributed by atoms with Crippen LogP contribution in [0.4, 0.5) is 22.7 Å². The number of benzene rings is 4. The molecule has 6 rings (SSSR count). The van der Waals surface area contributed by atoms with Gasteiger partial charge in [0, 0.05) is 23.5 Å². The Balaban J connectivity index is 0.00000271. The Bertz CT molecular complexity index is 2210. The summed E-state index contributed by atoms with van der Waals surface area (Å²) in [5, 5.41) is 36.9. The third-order valence-corrected chi connectivity index (χ3v) is 8.81. The molecule has 0 spiro atoms. The molecule has 0 aromatic heterocycles. The van der Waals surface area contributed by atoms with Crippen LogP contribution in [0.3, 0.4) is 0 Å². The maximum Gasteiger partial charge on any atom is 1.00 e. The van der Waals surface area contributed by atoms with E-state index in [0.717, 1.165) is 22.6 Å². The second-order valence-corrected chi connectivity index (χ2v) is 13.7. The normalized spacial score (nSPS) is 14.1. The summed E-state index contributed by atoms with van der Waals surface area (Å²) in [5.41, 5.74) is 12.2. The number of hydrogen-bond acceptors (Lipinski definition) is 16. The molecule has 0 fully saturated rings. The van der Waals surface area contributed by atoms with Gasteiger partial charge in [0.25, 0.3) is 20.2 Å². The molecule has 2 heterocycles. The molecule has 0 aliphatic carbocycles. The summed E-state index contributed by atoms with van der Waals surface area (Å²) in [6.07, 6.45) is 5.12. The van der Waals surface area contributed by atoms with E-state index in [1.54, 1.807) is 48.5 Å². The molecule has 0 saturated carbocycles. The number of amidine groups is 2. The molecule has 0 bridgehead atoms. The fourth-order valence-electron chi connectivity index (χ4n) is 4.78. The van der Waals surface area contributed by atoms with Gasteiger partial charge in [-0.3, -0.25) is 20.0 Å². The van der Waals surface area contributed by atoms with Crippen molar-refractivity contribution in [3.63, 3.8) is 0 Å². The van der Waals surface area contributed by atoms with Crippen LogP contribution in [0.15, 0.2) is 141 Å². The monoisotopic (exact) mass is 794 g/mol. The average Bonchev–Trinajstić information content (AvgIpc) is 3.07. The van der Waals surface area contributed by atoms with Crippen molar-refractivity contribution in [2.75, 3.05) is 21.5 Å². The number of aliphatic hydroxyl groups is 2. The van der Waals surface area contributed by atoms with Gasteiger partial charge in [-0.05, 0) is 59.7 Å². The first-order valence-electron chi connectivity index (χ1n) is 15.0. The Morgan fingerprint density at radius 2 is 0.944 bits per heavy atom. The smallest absolute Gasteiger partial charge is 1.00 e. The maximum absolute atomic E-state index is 12.4. The van der Waals surface area contributed by atoms with Crippen LogP contribution in [-0.2, 0) is 20.2 Å². The largest absolute Gasteiger partial charge is 1.00 e. The molecule has 272 valence electrons. The number of nitrogens with zero attached hydrogens (tertiary/aromatic N) is 4. The first kappa shape index (κ1) is 42.0. The van der Waals surface area contributed by atoms with E-state index in [0.29, 0.717) is 11.4 Å². The van der Waals surface area contributed by atoms with Crippen LogP contribution in [0.25, 0.3) is 12.2 Å². The molecule has 18 nitrogen and oxygen atoms in total. The fraction of sp³-hybridized carbons (Fsp3) is 0. The van der Waals surface area contributed by atoms with E-state index in [9.17, 15) is 36.2 Å². The van der Waals surface area contributed by atoms with Crippen molar-refractivity contribution in [3.8, 4) is 0 Å². The van der Waals surface area contributed by atoms with Crippen molar-refractivity contribution in [3.05, 3.63) is 132 Å². The van der Waals surface area contributed by atoms with Crippen LogP contribution in [-0.4, -0.2) is 58.3 Å². The van der Waals surface area contributed by atoms with E-state index < -0.39 is 30.0 Å². The van der Waals surface area contributed by atoms with Crippen LogP contribution < -0.4 is 91.5 Å². The predicted molar refractivity (Wildman–Crippen MR) is 197 cm³/mol. The van der Waals surface area contributed by atoms with Crippen LogP contribution in [0.1, 0.15) is 14.0 Å². The summed E-state index contributed by atoms with van der Waals surface area (Å²) in [4.78, 5) is -1.10. The molecule has 10 N–H and O–H groups in total. The summed E-state index contributed by atoms with van der Waals surface area (Å²) in [7, 11) is -9.65.